The van der Waals surface area contributed by atoms with Crippen LogP contribution in [0.25, 0.3) is 0 Å². The molecule has 0 saturated heterocycles. The fourth-order valence-electron chi connectivity index (χ4n) is 2.31. The average molecular weight is 195 g/mol. The van der Waals surface area contributed by atoms with E-state index in [1.54, 1.807) is 0 Å². The maximum absolute atomic E-state index is 5.92. The van der Waals surface area contributed by atoms with Crippen LogP contribution in [0.1, 0.15) is 36.1 Å². The molecule has 0 amide bonds. The van der Waals surface area contributed by atoms with Crippen LogP contribution in [0.2, 0.25) is 0 Å². The zero-order valence-electron chi connectivity index (χ0n) is 8.18. The highest BCUT2D eigenvalue weighted by Gasteiger charge is 2.35. The second-order valence-electron chi connectivity index (χ2n) is 4.18. The van der Waals surface area contributed by atoms with E-state index in [-0.39, 0.29) is 0 Å². The third-order valence-corrected chi connectivity index (χ3v) is 4.50. The summed E-state index contributed by atoms with van der Waals surface area (Å²) in [7, 11) is 0. The van der Waals surface area contributed by atoms with Crippen molar-refractivity contribution in [3.05, 3.63) is 21.9 Å². The highest BCUT2D eigenvalue weighted by molar-refractivity contribution is 7.10. The van der Waals surface area contributed by atoms with Gasteiger partial charge in [0.2, 0.25) is 0 Å². The summed E-state index contributed by atoms with van der Waals surface area (Å²) in [4.78, 5) is 1.52. The Hall–Kier alpha value is -0.340. The summed E-state index contributed by atoms with van der Waals surface area (Å²) in [5.41, 5.74) is 7.65. The van der Waals surface area contributed by atoms with E-state index < -0.39 is 0 Å². The van der Waals surface area contributed by atoms with E-state index in [0.29, 0.717) is 5.41 Å². The Morgan fingerprint density at radius 2 is 2.15 bits per heavy atom. The van der Waals surface area contributed by atoms with Crippen LogP contribution in [0.3, 0.4) is 0 Å². The molecule has 0 unspecified atom stereocenters. The van der Waals surface area contributed by atoms with Gasteiger partial charge in [-0.1, -0.05) is 12.8 Å². The summed E-state index contributed by atoms with van der Waals surface area (Å²) in [6.07, 6.45) is 5.30. The molecule has 2 heteroatoms. The summed E-state index contributed by atoms with van der Waals surface area (Å²) in [5, 5.41) is 2.24. The van der Waals surface area contributed by atoms with Gasteiger partial charge < -0.3 is 5.73 Å². The lowest BCUT2D eigenvalue weighted by molar-refractivity contribution is 0.462. The zero-order chi connectivity index (χ0) is 9.31. The lowest BCUT2D eigenvalue weighted by atomic mass is 9.84. The van der Waals surface area contributed by atoms with Gasteiger partial charge in [-0.2, -0.15) is 0 Å². The average Bonchev–Trinajstić information content (AvgIpc) is 2.73. The molecule has 2 N–H and O–H groups in total. The second-order valence-corrected chi connectivity index (χ2v) is 5.09. The molecule has 0 radical (unpaired) electrons. The number of nitrogens with two attached hydrogens (primary N) is 1. The first kappa shape index (κ1) is 9.22. The molecule has 1 aliphatic carbocycles. The molecular formula is C11H17NS. The van der Waals surface area contributed by atoms with Crippen molar-refractivity contribution in [3.63, 3.8) is 0 Å². The lowest BCUT2D eigenvalue weighted by Gasteiger charge is -2.25. The van der Waals surface area contributed by atoms with Crippen molar-refractivity contribution in [2.45, 2.75) is 38.0 Å². The summed E-state index contributed by atoms with van der Waals surface area (Å²) in [6, 6.07) is 2.32. The molecule has 2 rings (SSSR count). The highest BCUT2D eigenvalue weighted by Crippen LogP contribution is 2.42. The van der Waals surface area contributed by atoms with Gasteiger partial charge in [0.05, 0.1) is 0 Å². The van der Waals surface area contributed by atoms with Gasteiger partial charge in [-0.05, 0) is 36.8 Å². The van der Waals surface area contributed by atoms with E-state index in [1.165, 1.54) is 36.1 Å². The monoisotopic (exact) mass is 195 g/mol. The van der Waals surface area contributed by atoms with Crippen molar-refractivity contribution >= 4 is 11.3 Å². The maximum Gasteiger partial charge on any atom is 0.0169 e. The fraction of sp³-hybridized carbons (Fsp3) is 0.636. The summed E-state index contributed by atoms with van der Waals surface area (Å²) in [6.45, 7) is 2.99. The van der Waals surface area contributed by atoms with Crippen LogP contribution in [-0.2, 0) is 5.41 Å². The molecule has 0 spiro atoms. The Labute approximate surface area is 84.0 Å². The van der Waals surface area contributed by atoms with Gasteiger partial charge >= 0.3 is 0 Å². The van der Waals surface area contributed by atoms with Crippen molar-refractivity contribution in [1.82, 2.24) is 0 Å². The molecule has 1 aromatic rings. The number of aryl methyl sites for hydroxylation is 1. The second kappa shape index (κ2) is 3.43. The Bertz CT molecular complexity index is 284. The molecule has 13 heavy (non-hydrogen) atoms. The fourth-order valence-corrected chi connectivity index (χ4v) is 3.48. The molecule has 0 aliphatic heterocycles. The summed E-state index contributed by atoms with van der Waals surface area (Å²) >= 11 is 1.89. The number of rotatable bonds is 2. The molecular weight excluding hydrogens is 178 g/mol. The van der Waals surface area contributed by atoms with Crippen LogP contribution in [0.4, 0.5) is 0 Å². The van der Waals surface area contributed by atoms with Crippen LogP contribution in [0.15, 0.2) is 11.4 Å². The van der Waals surface area contributed by atoms with Crippen molar-refractivity contribution in [2.75, 3.05) is 6.54 Å². The minimum Gasteiger partial charge on any atom is -0.330 e. The third-order valence-electron chi connectivity index (χ3n) is 3.20. The standard InChI is InChI=1S/C11H17NS/c1-9-6-10(13-7-9)11(8-12)4-2-3-5-11/h6-7H,2-5,8,12H2,1H3. The van der Waals surface area contributed by atoms with Crippen LogP contribution in [-0.4, -0.2) is 6.54 Å². The van der Waals surface area contributed by atoms with E-state index in [2.05, 4.69) is 18.4 Å². The van der Waals surface area contributed by atoms with Gasteiger partial charge in [-0.25, -0.2) is 0 Å². The summed E-state index contributed by atoms with van der Waals surface area (Å²) in [5.74, 6) is 0. The quantitative estimate of drug-likeness (QED) is 0.771. The van der Waals surface area contributed by atoms with Gasteiger partial charge in [0.15, 0.2) is 0 Å². The SMILES string of the molecule is Cc1csc(C2(CN)CCCC2)c1. The molecule has 1 aromatic heterocycles. The molecule has 1 heterocycles. The first-order chi connectivity index (χ1) is 6.27. The number of hydrogen-bond acceptors (Lipinski definition) is 2. The minimum absolute atomic E-state index is 0.346. The summed E-state index contributed by atoms with van der Waals surface area (Å²) < 4.78 is 0. The van der Waals surface area contributed by atoms with E-state index in [1.807, 2.05) is 11.3 Å². The lowest BCUT2D eigenvalue weighted by Crippen LogP contribution is -2.30. The molecule has 1 fully saturated rings. The largest absolute Gasteiger partial charge is 0.330 e. The van der Waals surface area contributed by atoms with E-state index in [9.17, 15) is 0 Å². The Morgan fingerprint density at radius 1 is 1.46 bits per heavy atom. The molecule has 72 valence electrons. The van der Waals surface area contributed by atoms with Crippen LogP contribution in [0, 0.1) is 6.92 Å². The minimum atomic E-state index is 0.346. The predicted molar refractivity (Wildman–Crippen MR) is 58.3 cm³/mol. The van der Waals surface area contributed by atoms with Crippen LogP contribution < -0.4 is 5.73 Å². The van der Waals surface area contributed by atoms with E-state index in [4.69, 9.17) is 5.73 Å². The van der Waals surface area contributed by atoms with Crippen molar-refractivity contribution in [3.8, 4) is 0 Å². The van der Waals surface area contributed by atoms with Crippen molar-refractivity contribution in [2.24, 2.45) is 5.73 Å². The van der Waals surface area contributed by atoms with Gasteiger partial charge in [0.25, 0.3) is 0 Å². The third kappa shape index (κ3) is 1.53. The van der Waals surface area contributed by atoms with Gasteiger partial charge in [0.1, 0.15) is 0 Å². The molecule has 0 bridgehead atoms. The molecule has 1 saturated carbocycles. The Balaban J connectivity index is 2.30. The van der Waals surface area contributed by atoms with Crippen LogP contribution in [0.5, 0.6) is 0 Å². The Kier molecular flexibility index (Phi) is 2.43. The molecule has 0 atom stereocenters. The van der Waals surface area contributed by atoms with Gasteiger partial charge in [-0.3, -0.25) is 0 Å². The first-order valence-electron chi connectivity index (χ1n) is 5.02. The normalized spacial score (nSPS) is 20.8. The smallest absolute Gasteiger partial charge is 0.0169 e. The zero-order valence-corrected chi connectivity index (χ0v) is 8.99. The molecule has 0 aromatic carbocycles. The van der Waals surface area contributed by atoms with Crippen molar-refractivity contribution < 1.29 is 0 Å². The van der Waals surface area contributed by atoms with Crippen molar-refractivity contribution in [1.29, 1.82) is 0 Å². The predicted octanol–water partition coefficient (Wildman–Crippen LogP) is 2.83. The van der Waals surface area contributed by atoms with Gasteiger partial charge in [-0.15, -0.1) is 11.3 Å². The Morgan fingerprint density at radius 3 is 2.62 bits per heavy atom. The van der Waals surface area contributed by atoms with E-state index in [0.717, 1.165) is 6.54 Å². The first-order valence-corrected chi connectivity index (χ1v) is 5.90. The number of hydrogen-bond donors (Lipinski definition) is 1. The molecule has 1 nitrogen and oxygen atoms in total. The van der Waals surface area contributed by atoms with Gasteiger partial charge in [0, 0.05) is 16.8 Å². The number of thiophene rings is 1. The molecule has 1 aliphatic rings. The topological polar surface area (TPSA) is 26.0 Å². The highest BCUT2D eigenvalue weighted by atomic mass is 32.1. The van der Waals surface area contributed by atoms with Crippen LogP contribution >= 0.6 is 11.3 Å². The maximum atomic E-state index is 5.92. The van der Waals surface area contributed by atoms with E-state index >= 15 is 0 Å².